The Kier molecular flexibility index (Phi) is 3.90. The van der Waals surface area contributed by atoms with E-state index in [1.165, 1.54) is 11.3 Å². The van der Waals surface area contributed by atoms with Gasteiger partial charge in [0, 0.05) is 11.4 Å². The SMILES string of the molecule is CC(Br)CNS(=O)(=O)c1cccs1. The molecule has 0 amide bonds. The zero-order chi connectivity index (χ0) is 9.90. The quantitative estimate of drug-likeness (QED) is 0.857. The third-order valence-corrected chi connectivity index (χ3v) is 4.46. The van der Waals surface area contributed by atoms with Crippen molar-refractivity contribution in [1.29, 1.82) is 0 Å². The average molecular weight is 284 g/mol. The largest absolute Gasteiger partial charge is 0.250 e. The van der Waals surface area contributed by atoms with Crippen LogP contribution < -0.4 is 4.72 Å². The number of halogens is 1. The maximum Gasteiger partial charge on any atom is 0.250 e. The zero-order valence-electron chi connectivity index (χ0n) is 7.03. The van der Waals surface area contributed by atoms with E-state index in [9.17, 15) is 8.42 Å². The number of alkyl halides is 1. The second kappa shape index (κ2) is 4.54. The fraction of sp³-hybridized carbons (Fsp3) is 0.429. The van der Waals surface area contributed by atoms with Gasteiger partial charge in [0.15, 0.2) is 0 Å². The van der Waals surface area contributed by atoms with Crippen LogP contribution in [0.1, 0.15) is 6.92 Å². The highest BCUT2D eigenvalue weighted by molar-refractivity contribution is 9.09. The van der Waals surface area contributed by atoms with Gasteiger partial charge >= 0.3 is 0 Å². The first-order chi connectivity index (χ1) is 6.02. The van der Waals surface area contributed by atoms with E-state index in [1.807, 2.05) is 6.92 Å². The monoisotopic (exact) mass is 283 g/mol. The van der Waals surface area contributed by atoms with Crippen molar-refractivity contribution in [3.05, 3.63) is 17.5 Å². The molecule has 0 spiro atoms. The van der Waals surface area contributed by atoms with E-state index in [1.54, 1.807) is 17.5 Å². The molecular formula is C7H10BrNO2S2. The highest BCUT2D eigenvalue weighted by atomic mass is 79.9. The van der Waals surface area contributed by atoms with Crippen LogP contribution in [-0.2, 0) is 10.0 Å². The van der Waals surface area contributed by atoms with Crippen molar-refractivity contribution < 1.29 is 8.42 Å². The van der Waals surface area contributed by atoms with Gasteiger partial charge < -0.3 is 0 Å². The van der Waals surface area contributed by atoms with Crippen LogP contribution in [0, 0.1) is 0 Å². The van der Waals surface area contributed by atoms with E-state index in [0.29, 0.717) is 10.8 Å². The van der Waals surface area contributed by atoms with Crippen LogP contribution in [0.2, 0.25) is 0 Å². The van der Waals surface area contributed by atoms with Crippen LogP contribution in [0.4, 0.5) is 0 Å². The molecule has 1 heterocycles. The van der Waals surface area contributed by atoms with Crippen LogP contribution in [0.3, 0.4) is 0 Å². The molecule has 0 saturated carbocycles. The van der Waals surface area contributed by atoms with E-state index >= 15 is 0 Å². The molecule has 0 aromatic carbocycles. The smallest absolute Gasteiger partial charge is 0.209 e. The molecule has 3 nitrogen and oxygen atoms in total. The first kappa shape index (κ1) is 11.2. The van der Waals surface area contributed by atoms with Crippen molar-refractivity contribution in [2.24, 2.45) is 0 Å². The summed E-state index contributed by atoms with van der Waals surface area (Å²) >= 11 is 4.48. The summed E-state index contributed by atoms with van der Waals surface area (Å²) < 4.78 is 25.8. The number of rotatable bonds is 4. The molecule has 0 saturated heterocycles. The van der Waals surface area contributed by atoms with Crippen molar-refractivity contribution in [3.8, 4) is 0 Å². The summed E-state index contributed by atoms with van der Waals surface area (Å²) in [6.07, 6.45) is 0. The van der Waals surface area contributed by atoms with Gasteiger partial charge in [-0.3, -0.25) is 0 Å². The topological polar surface area (TPSA) is 46.2 Å². The van der Waals surface area contributed by atoms with Crippen molar-refractivity contribution in [2.45, 2.75) is 16.0 Å². The molecule has 1 rings (SSSR count). The molecule has 0 aliphatic carbocycles. The van der Waals surface area contributed by atoms with Crippen LogP contribution in [0.25, 0.3) is 0 Å². The highest BCUT2D eigenvalue weighted by Gasteiger charge is 2.14. The van der Waals surface area contributed by atoms with Crippen molar-refractivity contribution >= 4 is 37.3 Å². The fourth-order valence-electron chi connectivity index (χ4n) is 0.712. The number of thiophene rings is 1. The molecule has 1 aromatic rings. The molecule has 74 valence electrons. The van der Waals surface area contributed by atoms with Gasteiger partial charge in [-0.15, -0.1) is 11.3 Å². The van der Waals surface area contributed by atoms with Gasteiger partial charge in [-0.05, 0) is 11.4 Å². The summed E-state index contributed by atoms with van der Waals surface area (Å²) in [5.41, 5.74) is 0. The van der Waals surface area contributed by atoms with Gasteiger partial charge in [0.05, 0.1) is 0 Å². The van der Waals surface area contributed by atoms with Gasteiger partial charge in [-0.1, -0.05) is 28.9 Å². The maximum atomic E-state index is 11.5. The van der Waals surface area contributed by atoms with Gasteiger partial charge in [-0.2, -0.15) is 0 Å². The molecule has 13 heavy (non-hydrogen) atoms. The van der Waals surface area contributed by atoms with E-state index in [-0.39, 0.29) is 4.83 Å². The lowest BCUT2D eigenvalue weighted by molar-refractivity contribution is 0.584. The minimum absolute atomic E-state index is 0.141. The summed E-state index contributed by atoms with van der Waals surface area (Å²) in [5, 5.41) is 1.74. The Balaban J connectivity index is 2.68. The Morgan fingerprint density at radius 3 is 2.85 bits per heavy atom. The van der Waals surface area contributed by atoms with Crippen molar-refractivity contribution in [2.75, 3.05) is 6.54 Å². The lowest BCUT2D eigenvalue weighted by Crippen LogP contribution is -2.27. The van der Waals surface area contributed by atoms with E-state index in [2.05, 4.69) is 20.7 Å². The third kappa shape index (κ3) is 3.38. The van der Waals surface area contributed by atoms with Crippen LogP contribution in [0.5, 0.6) is 0 Å². The molecule has 0 fully saturated rings. The Labute approximate surface area is 90.3 Å². The molecule has 0 radical (unpaired) electrons. The number of hydrogen-bond donors (Lipinski definition) is 1. The van der Waals surface area contributed by atoms with Gasteiger partial charge in [0.25, 0.3) is 0 Å². The average Bonchev–Trinajstić information content (AvgIpc) is 2.53. The molecule has 1 unspecified atom stereocenters. The molecule has 0 bridgehead atoms. The van der Waals surface area contributed by atoms with Crippen LogP contribution in [-0.4, -0.2) is 19.8 Å². The summed E-state index contributed by atoms with van der Waals surface area (Å²) in [6, 6.07) is 3.31. The normalized spacial score (nSPS) is 14.3. The van der Waals surface area contributed by atoms with Crippen LogP contribution >= 0.6 is 27.3 Å². The van der Waals surface area contributed by atoms with E-state index in [0.717, 1.165) is 0 Å². The molecule has 0 aliphatic heterocycles. The Bertz CT molecular complexity index is 345. The summed E-state index contributed by atoms with van der Waals surface area (Å²) in [6.45, 7) is 2.29. The Morgan fingerprint density at radius 1 is 1.69 bits per heavy atom. The first-order valence-electron chi connectivity index (χ1n) is 3.69. The molecule has 1 aromatic heterocycles. The number of hydrogen-bond acceptors (Lipinski definition) is 3. The molecular weight excluding hydrogens is 274 g/mol. The molecule has 1 atom stereocenters. The zero-order valence-corrected chi connectivity index (χ0v) is 10.2. The minimum atomic E-state index is -3.27. The van der Waals surface area contributed by atoms with Gasteiger partial charge in [0.2, 0.25) is 10.0 Å². The predicted molar refractivity (Wildman–Crippen MR) is 57.9 cm³/mol. The second-order valence-electron chi connectivity index (χ2n) is 2.56. The summed E-state index contributed by atoms with van der Waals surface area (Å²) in [4.78, 5) is 0.141. The summed E-state index contributed by atoms with van der Waals surface area (Å²) in [7, 11) is -3.27. The lowest BCUT2D eigenvalue weighted by atomic mass is 10.5. The molecule has 1 N–H and O–H groups in total. The summed E-state index contributed by atoms with van der Waals surface area (Å²) in [5.74, 6) is 0. The molecule has 0 aliphatic rings. The van der Waals surface area contributed by atoms with Gasteiger partial charge in [0.1, 0.15) is 4.21 Å². The third-order valence-electron chi connectivity index (χ3n) is 1.31. The van der Waals surface area contributed by atoms with Crippen molar-refractivity contribution in [1.82, 2.24) is 4.72 Å². The Morgan fingerprint density at radius 2 is 2.38 bits per heavy atom. The number of nitrogens with one attached hydrogen (secondary N) is 1. The maximum absolute atomic E-state index is 11.5. The second-order valence-corrected chi connectivity index (χ2v) is 7.07. The van der Waals surface area contributed by atoms with Crippen LogP contribution in [0.15, 0.2) is 21.7 Å². The Hall–Kier alpha value is 0.0900. The van der Waals surface area contributed by atoms with E-state index < -0.39 is 10.0 Å². The number of sulfonamides is 1. The highest BCUT2D eigenvalue weighted by Crippen LogP contribution is 2.15. The minimum Gasteiger partial charge on any atom is -0.209 e. The predicted octanol–water partition coefficient (Wildman–Crippen LogP) is 1.81. The van der Waals surface area contributed by atoms with Crippen molar-refractivity contribution in [3.63, 3.8) is 0 Å². The lowest BCUT2D eigenvalue weighted by Gasteiger charge is -2.05. The molecule has 6 heteroatoms. The standard InChI is InChI=1S/C7H10BrNO2S2/c1-6(8)5-9-13(10,11)7-3-2-4-12-7/h2-4,6,9H,5H2,1H3. The van der Waals surface area contributed by atoms with E-state index in [4.69, 9.17) is 0 Å². The fourth-order valence-corrected chi connectivity index (χ4v) is 3.26. The van der Waals surface area contributed by atoms with Gasteiger partial charge in [-0.25, -0.2) is 13.1 Å². The first-order valence-corrected chi connectivity index (χ1v) is 6.97.